The molecule has 2 aromatic carbocycles. The molecule has 0 heterocycles. The van der Waals surface area contributed by atoms with Crippen LogP contribution in [0.25, 0.3) is 0 Å². The maximum Gasteiger partial charge on any atom is 0.261 e. The van der Waals surface area contributed by atoms with E-state index >= 15 is 0 Å². The van der Waals surface area contributed by atoms with E-state index in [2.05, 4.69) is 5.32 Å². The fraction of sp³-hybridized carbons (Fsp3) is 0.435. The Kier molecular flexibility index (Phi) is 8.33. The number of hydrogen-bond donors (Lipinski definition) is 1. The summed E-state index contributed by atoms with van der Waals surface area (Å²) in [6.07, 6.45) is 0.962. The van der Waals surface area contributed by atoms with Crippen molar-refractivity contribution >= 4 is 21.6 Å². The summed E-state index contributed by atoms with van der Waals surface area (Å²) in [6.45, 7) is 8.16. The first-order valence-electron chi connectivity index (χ1n) is 10.2. The van der Waals surface area contributed by atoms with Gasteiger partial charge < -0.3 is 14.8 Å². The average molecular weight is 449 g/mol. The number of hydrogen-bond acceptors (Lipinski definition) is 5. The van der Waals surface area contributed by atoms with Crippen LogP contribution in [0.5, 0.6) is 11.5 Å². The van der Waals surface area contributed by atoms with Crippen LogP contribution in [-0.2, 0) is 14.8 Å². The number of amides is 1. The predicted molar refractivity (Wildman–Crippen MR) is 123 cm³/mol. The molecule has 170 valence electrons. The first-order chi connectivity index (χ1) is 14.5. The molecule has 8 heteroatoms. The van der Waals surface area contributed by atoms with E-state index in [0.29, 0.717) is 24.5 Å². The van der Waals surface area contributed by atoms with Gasteiger partial charge in [0, 0.05) is 7.05 Å². The van der Waals surface area contributed by atoms with Gasteiger partial charge in [-0.2, -0.15) is 0 Å². The lowest BCUT2D eigenvalue weighted by molar-refractivity contribution is -0.128. The number of nitrogens with one attached hydrogen (secondary N) is 1. The van der Waals surface area contributed by atoms with Crippen LogP contribution in [0.15, 0.2) is 42.5 Å². The fourth-order valence-corrected chi connectivity index (χ4v) is 3.32. The summed E-state index contributed by atoms with van der Waals surface area (Å²) in [5.41, 5.74) is 2.87. The van der Waals surface area contributed by atoms with E-state index in [0.717, 1.165) is 17.6 Å². The molecule has 2 rings (SSSR count). The van der Waals surface area contributed by atoms with Gasteiger partial charge in [-0.05, 0) is 74.7 Å². The zero-order valence-corrected chi connectivity index (χ0v) is 19.8. The Bertz CT molecular complexity index is 990. The Morgan fingerprint density at radius 1 is 1.06 bits per heavy atom. The molecule has 7 nitrogen and oxygen atoms in total. The second-order valence-electron chi connectivity index (χ2n) is 7.71. The summed E-state index contributed by atoms with van der Waals surface area (Å²) >= 11 is 0. The maximum absolute atomic E-state index is 12.6. The van der Waals surface area contributed by atoms with Gasteiger partial charge in [0.1, 0.15) is 18.1 Å². The van der Waals surface area contributed by atoms with Crippen LogP contribution in [0.2, 0.25) is 0 Å². The largest absolute Gasteiger partial charge is 0.491 e. The molecular formula is C23H32N2O5S. The van der Waals surface area contributed by atoms with Gasteiger partial charge in [-0.25, -0.2) is 8.42 Å². The Morgan fingerprint density at radius 2 is 1.68 bits per heavy atom. The van der Waals surface area contributed by atoms with Crippen molar-refractivity contribution in [2.75, 3.05) is 24.2 Å². The maximum atomic E-state index is 12.6. The first-order valence-corrected chi connectivity index (χ1v) is 12.1. The molecule has 0 radical (unpaired) electrons. The van der Waals surface area contributed by atoms with Crippen molar-refractivity contribution in [2.45, 2.75) is 46.3 Å². The molecule has 0 bridgehead atoms. The minimum atomic E-state index is -3.34. The second-order valence-corrected chi connectivity index (χ2v) is 9.72. The van der Waals surface area contributed by atoms with E-state index in [4.69, 9.17) is 9.47 Å². The summed E-state index contributed by atoms with van der Waals surface area (Å²) in [5, 5.41) is 2.92. The van der Waals surface area contributed by atoms with Gasteiger partial charge in [-0.3, -0.25) is 9.10 Å². The summed E-state index contributed by atoms with van der Waals surface area (Å²) in [4.78, 5) is 12.6. The summed E-state index contributed by atoms with van der Waals surface area (Å²) in [7, 11) is -1.86. The molecule has 31 heavy (non-hydrogen) atoms. The number of carbonyl (C=O) groups is 1. The smallest absolute Gasteiger partial charge is 0.261 e. The normalized spacial score (nSPS) is 13.2. The van der Waals surface area contributed by atoms with E-state index in [1.807, 2.05) is 45.9 Å². The molecule has 0 saturated heterocycles. The third-order valence-corrected chi connectivity index (χ3v) is 6.21. The number of carbonyl (C=O) groups excluding carboxylic acids is 1. The number of rotatable bonds is 10. The lowest BCUT2D eigenvalue weighted by Gasteiger charge is -2.21. The van der Waals surface area contributed by atoms with Crippen molar-refractivity contribution in [3.05, 3.63) is 53.6 Å². The van der Waals surface area contributed by atoms with E-state index in [1.54, 1.807) is 24.3 Å². The Hall–Kier alpha value is -2.74. The molecule has 0 aliphatic rings. The third kappa shape index (κ3) is 7.17. The number of aryl methyl sites for hydroxylation is 2. The van der Waals surface area contributed by atoms with Crippen molar-refractivity contribution in [2.24, 2.45) is 0 Å². The fourth-order valence-electron chi connectivity index (χ4n) is 2.82. The molecule has 0 unspecified atom stereocenters. The van der Waals surface area contributed by atoms with E-state index < -0.39 is 16.1 Å². The van der Waals surface area contributed by atoms with Gasteiger partial charge in [0.15, 0.2) is 6.10 Å². The molecule has 0 aromatic heterocycles. The summed E-state index contributed by atoms with van der Waals surface area (Å²) < 4.78 is 36.1. The Morgan fingerprint density at radius 3 is 2.23 bits per heavy atom. The summed E-state index contributed by atoms with van der Waals surface area (Å²) in [6, 6.07) is 12.3. The third-order valence-electron chi connectivity index (χ3n) is 5.01. The number of nitrogens with zero attached hydrogens (tertiary/aromatic N) is 1. The van der Waals surface area contributed by atoms with Crippen molar-refractivity contribution in [1.82, 2.24) is 5.32 Å². The number of anilines is 1. The van der Waals surface area contributed by atoms with Crippen molar-refractivity contribution in [1.29, 1.82) is 0 Å². The van der Waals surface area contributed by atoms with Gasteiger partial charge >= 0.3 is 0 Å². The molecule has 1 N–H and O–H groups in total. The Labute approximate surface area is 185 Å². The second kappa shape index (κ2) is 10.5. The summed E-state index contributed by atoms with van der Waals surface area (Å²) in [5.74, 6) is 1.04. The lowest BCUT2D eigenvalue weighted by atomic mass is 10.1. The van der Waals surface area contributed by atoms with Gasteiger partial charge in [0.05, 0.1) is 18.0 Å². The predicted octanol–water partition coefficient (Wildman–Crippen LogP) is 3.44. The van der Waals surface area contributed by atoms with Crippen LogP contribution >= 0.6 is 0 Å². The zero-order valence-electron chi connectivity index (χ0n) is 19.0. The standard InChI is InChI=1S/C23H32N2O5S/c1-7-22(30-20-12-9-19(10-13-20)25(5)31(6,27)28)23(26)24-18(4)15-29-21-11-8-16(2)17(3)14-21/h8-14,18,22H,7,15H2,1-6H3,(H,24,26)/t18-,22-/m0/s1. The quantitative estimate of drug-likeness (QED) is 0.602. The molecule has 0 fully saturated rings. The number of sulfonamides is 1. The highest BCUT2D eigenvalue weighted by molar-refractivity contribution is 7.92. The van der Waals surface area contributed by atoms with Crippen LogP contribution < -0.4 is 19.1 Å². The topological polar surface area (TPSA) is 84.9 Å². The Balaban J connectivity index is 1.91. The van der Waals surface area contributed by atoms with Crippen molar-refractivity contribution < 1.29 is 22.7 Å². The van der Waals surface area contributed by atoms with Crippen LogP contribution in [0.1, 0.15) is 31.4 Å². The highest BCUT2D eigenvalue weighted by atomic mass is 32.2. The minimum Gasteiger partial charge on any atom is -0.491 e. The van der Waals surface area contributed by atoms with Crippen LogP contribution in [-0.4, -0.2) is 46.4 Å². The van der Waals surface area contributed by atoms with E-state index in [-0.39, 0.29) is 11.9 Å². The molecule has 0 aliphatic carbocycles. The van der Waals surface area contributed by atoms with E-state index in [1.165, 1.54) is 16.9 Å². The van der Waals surface area contributed by atoms with Crippen LogP contribution in [0, 0.1) is 13.8 Å². The van der Waals surface area contributed by atoms with Gasteiger partial charge in [0.2, 0.25) is 10.0 Å². The van der Waals surface area contributed by atoms with Gasteiger partial charge in [-0.15, -0.1) is 0 Å². The van der Waals surface area contributed by atoms with Crippen LogP contribution in [0.3, 0.4) is 0 Å². The van der Waals surface area contributed by atoms with Gasteiger partial charge in [-0.1, -0.05) is 13.0 Å². The molecule has 1 amide bonds. The average Bonchev–Trinajstić information content (AvgIpc) is 2.72. The molecule has 0 aliphatic heterocycles. The SMILES string of the molecule is CC[C@H](Oc1ccc(N(C)S(C)(=O)=O)cc1)C(=O)N[C@@H](C)COc1ccc(C)c(C)c1. The van der Waals surface area contributed by atoms with Crippen LogP contribution in [0.4, 0.5) is 5.69 Å². The number of ether oxygens (including phenoxy) is 2. The molecule has 2 aromatic rings. The first kappa shape index (κ1) is 24.5. The molecule has 0 spiro atoms. The zero-order chi connectivity index (χ0) is 23.2. The monoisotopic (exact) mass is 448 g/mol. The van der Waals surface area contributed by atoms with Crippen molar-refractivity contribution in [3.8, 4) is 11.5 Å². The molecule has 0 saturated carbocycles. The molecule has 2 atom stereocenters. The highest BCUT2D eigenvalue weighted by Gasteiger charge is 2.21. The van der Waals surface area contributed by atoms with Crippen molar-refractivity contribution in [3.63, 3.8) is 0 Å². The minimum absolute atomic E-state index is 0.197. The number of benzene rings is 2. The lowest BCUT2D eigenvalue weighted by Crippen LogP contribution is -2.44. The highest BCUT2D eigenvalue weighted by Crippen LogP contribution is 2.21. The van der Waals surface area contributed by atoms with E-state index in [9.17, 15) is 13.2 Å². The van der Waals surface area contributed by atoms with Gasteiger partial charge in [0.25, 0.3) is 5.91 Å². The molecular weight excluding hydrogens is 416 g/mol.